The fourth-order valence-electron chi connectivity index (χ4n) is 3.62. The predicted octanol–water partition coefficient (Wildman–Crippen LogP) is 2.88. The van der Waals surface area contributed by atoms with Crippen molar-refractivity contribution in [3.05, 3.63) is 35.4 Å². The molecular formula is C15H21NO. The van der Waals surface area contributed by atoms with E-state index in [0.717, 1.165) is 25.9 Å². The first-order chi connectivity index (χ1) is 8.18. The quantitative estimate of drug-likeness (QED) is 0.806. The fourth-order valence-corrected chi connectivity index (χ4v) is 3.62. The van der Waals surface area contributed by atoms with Crippen LogP contribution in [0.15, 0.2) is 24.3 Å². The SMILES string of the molecule is Cc1ccccc1[C@@]1(N)CCCCC12CCO2. The van der Waals surface area contributed by atoms with Gasteiger partial charge in [0.25, 0.3) is 0 Å². The van der Waals surface area contributed by atoms with Gasteiger partial charge in [-0.2, -0.15) is 0 Å². The van der Waals surface area contributed by atoms with Gasteiger partial charge in [-0.1, -0.05) is 37.1 Å². The molecule has 1 aromatic rings. The molecule has 1 saturated carbocycles. The Bertz CT molecular complexity index is 425. The third-order valence-corrected chi connectivity index (χ3v) is 4.72. The molecule has 1 aromatic carbocycles. The molecule has 1 aliphatic carbocycles. The van der Waals surface area contributed by atoms with Gasteiger partial charge in [-0.25, -0.2) is 0 Å². The highest BCUT2D eigenvalue weighted by Crippen LogP contribution is 2.51. The molecule has 2 nitrogen and oxygen atoms in total. The van der Waals surface area contributed by atoms with Gasteiger partial charge in [0.15, 0.2) is 0 Å². The topological polar surface area (TPSA) is 35.2 Å². The predicted molar refractivity (Wildman–Crippen MR) is 68.8 cm³/mol. The summed E-state index contributed by atoms with van der Waals surface area (Å²) >= 11 is 0. The van der Waals surface area contributed by atoms with E-state index in [4.69, 9.17) is 10.5 Å². The second kappa shape index (κ2) is 3.82. The molecule has 0 radical (unpaired) electrons. The van der Waals surface area contributed by atoms with Gasteiger partial charge in [0.1, 0.15) is 0 Å². The van der Waals surface area contributed by atoms with E-state index in [-0.39, 0.29) is 11.1 Å². The third-order valence-electron chi connectivity index (χ3n) is 4.72. The van der Waals surface area contributed by atoms with Crippen LogP contribution in [0, 0.1) is 6.92 Å². The Morgan fingerprint density at radius 3 is 2.47 bits per heavy atom. The molecule has 1 unspecified atom stereocenters. The summed E-state index contributed by atoms with van der Waals surface area (Å²) in [6.45, 7) is 3.04. The van der Waals surface area contributed by atoms with Crippen molar-refractivity contribution in [2.45, 2.75) is 50.2 Å². The number of nitrogens with two attached hydrogens (primary N) is 1. The smallest absolute Gasteiger partial charge is 0.0924 e. The lowest BCUT2D eigenvalue weighted by Gasteiger charge is -2.57. The molecular weight excluding hydrogens is 210 g/mol. The summed E-state index contributed by atoms with van der Waals surface area (Å²) < 4.78 is 5.96. The molecule has 1 heterocycles. The second-order valence-electron chi connectivity index (χ2n) is 5.59. The lowest BCUT2D eigenvalue weighted by Crippen LogP contribution is -2.66. The first-order valence-electron chi connectivity index (χ1n) is 6.67. The molecule has 3 rings (SSSR count). The highest BCUT2D eigenvalue weighted by molar-refractivity contribution is 5.37. The number of hydrogen-bond acceptors (Lipinski definition) is 2. The maximum Gasteiger partial charge on any atom is 0.0924 e. The minimum atomic E-state index is -0.269. The summed E-state index contributed by atoms with van der Waals surface area (Å²) in [5, 5.41) is 0. The maximum atomic E-state index is 6.80. The van der Waals surface area contributed by atoms with Crippen molar-refractivity contribution >= 4 is 0 Å². The van der Waals surface area contributed by atoms with Gasteiger partial charge >= 0.3 is 0 Å². The highest BCUT2D eigenvalue weighted by Gasteiger charge is 2.56. The van der Waals surface area contributed by atoms with Crippen molar-refractivity contribution in [1.82, 2.24) is 0 Å². The van der Waals surface area contributed by atoms with E-state index in [1.807, 2.05) is 0 Å². The van der Waals surface area contributed by atoms with Gasteiger partial charge < -0.3 is 10.5 Å². The average Bonchev–Trinajstić information content (AvgIpc) is 2.28. The lowest BCUT2D eigenvalue weighted by atomic mass is 9.62. The van der Waals surface area contributed by atoms with Gasteiger partial charge in [-0.15, -0.1) is 0 Å². The van der Waals surface area contributed by atoms with E-state index in [2.05, 4.69) is 31.2 Å². The summed E-state index contributed by atoms with van der Waals surface area (Å²) in [6.07, 6.45) is 5.77. The van der Waals surface area contributed by atoms with Gasteiger partial charge in [0.05, 0.1) is 17.7 Å². The van der Waals surface area contributed by atoms with Crippen molar-refractivity contribution in [2.75, 3.05) is 6.61 Å². The first kappa shape index (κ1) is 11.2. The molecule has 1 saturated heterocycles. The van der Waals surface area contributed by atoms with Crippen LogP contribution in [0.4, 0.5) is 0 Å². The second-order valence-corrected chi connectivity index (χ2v) is 5.59. The summed E-state index contributed by atoms with van der Waals surface area (Å²) in [7, 11) is 0. The van der Waals surface area contributed by atoms with Gasteiger partial charge in [-0.3, -0.25) is 0 Å². The van der Waals surface area contributed by atoms with Crippen molar-refractivity contribution < 1.29 is 4.74 Å². The number of hydrogen-bond donors (Lipinski definition) is 1. The number of benzene rings is 1. The van der Waals surface area contributed by atoms with E-state index >= 15 is 0 Å². The minimum Gasteiger partial charge on any atom is -0.373 e. The Kier molecular flexibility index (Phi) is 2.53. The molecule has 2 atom stereocenters. The summed E-state index contributed by atoms with van der Waals surface area (Å²) in [4.78, 5) is 0. The van der Waals surface area contributed by atoms with Crippen LogP contribution in [0.3, 0.4) is 0 Å². The number of ether oxygens (including phenoxy) is 1. The summed E-state index contributed by atoms with van der Waals surface area (Å²) in [6, 6.07) is 8.52. The van der Waals surface area contributed by atoms with Gasteiger partial charge in [-0.05, 0) is 30.9 Å². The molecule has 2 fully saturated rings. The molecule has 2 aliphatic rings. The Labute approximate surface area is 103 Å². The Morgan fingerprint density at radius 1 is 1.12 bits per heavy atom. The van der Waals surface area contributed by atoms with E-state index in [0.29, 0.717) is 0 Å². The van der Waals surface area contributed by atoms with Crippen LogP contribution in [-0.2, 0) is 10.3 Å². The monoisotopic (exact) mass is 231 g/mol. The van der Waals surface area contributed by atoms with Crippen molar-refractivity contribution in [3.8, 4) is 0 Å². The standard InChI is InChI=1S/C15H21NO/c1-12-6-2-3-7-13(12)15(16)9-5-4-8-14(15)10-11-17-14/h2-3,6-7H,4-5,8-11,16H2,1H3/t14?,15-/m0/s1. The average molecular weight is 231 g/mol. The molecule has 1 aliphatic heterocycles. The highest BCUT2D eigenvalue weighted by atomic mass is 16.5. The van der Waals surface area contributed by atoms with E-state index in [1.165, 1.54) is 24.0 Å². The molecule has 2 N–H and O–H groups in total. The zero-order valence-electron chi connectivity index (χ0n) is 10.5. The maximum absolute atomic E-state index is 6.80. The summed E-state index contributed by atoms with van der Waals surface area (Å²) in [5.74, 6) is 0. The number of aryl methyl sites for hydroxylation is 1. The zero-order chi connectivity index (χ0) is 11.9. The van der Waals surface area contributed by atoms with Crippen molar-refractivity contribution in [3.63, 3.8) is 0 Å². The Hall–Kier alpha value is -0.860. The minimum absolute atomic E-state index is 0.0721. The van der Waals surface area contributed by atoms with E-state index < -0.39 is 0 Å². The molecule has 0 bridgehead atoms. The molecule has 0 amide bonds. The molecule has 0 aromatic heterocycles. The number of rotatable bonds is 1. The van der Waals surface area contributed by atoms with Crippen LogP contribution in [0.25, 0.3) is 0 Å². The molecule has 17 heavy (non-hydrogen) atoms. The Balaban J connectivity index is 2.06. The molecule has 92 valence electrons. The fraction of sp³-hybridized carbons (Fsp3) is 0.600. The van der Waals surface area contributed by atoms with Crippen LogP contribution in [-0.4, -0.2) is 12.2 Å². The lowest BCUT2D eigenvalue weighted by molar-refractivity contribution is -0.209. The third kappa shape index (κ3) is 1.47. The van der Waals surface area contributed by atoms with Crippen LogP contribution in [0.2, 0.25) is 0 Å². The zero-order valence-corrected chi connectivity index (χ0v) is 10.5. The normalized spacial score (nSPS) is 36.8. The summed E-state index contributed by atoms with van der Waals surface area (Å²) in [5.41, 5.74) is 9.04. The van der Waals surface area contributed by atoms with E-state index in [9.17, 15) is 0 Å². The van der Waals surface area contributed by atoms with Crippen molar-refractivity contribution in [1.29, 1.82) is 0 Å². The van der Waals surface area contributed by atoms with Crippen LogP contribution in [0.1, 0.15) is 43.2 Å². The first-order valence-corrected chi connectivity index (χ1v) is 6.67. The van der Waals surface area contributed by atoms with Gasteiger partial charge in [0.2, 0.25) is 0 Å². The van der Waals surface area contributed by atoms with Crippen molar-refractivity contribution in [2.24, 2.45) is 5.73 Å². The van der Waals surface area contributed by atoms with Crippen LogP contribution in [0.5, 0.6) is 0 Å². The van der Waals surface area contributed by atoms with E-state index in [1.54, 1.807) is 0 Å². The largest absolute Gasteiger partial charge is 0.373 e. The van der Waals surface area contributed by atoms with Crippen LogP contribution < -0.4 is 5.73 Å². The van der Waals surface area contributed by atoms with Crippen LogP contribution >= 0.6 is 0 Å². The Morgan fingerprint density at radius 2 is 1.82 bits per heavy atom. The molecule has 1 spiro atoms. The molecule has 2 heteroatoms. The van der Waals surface area contributed by atoms with Gasteiger partial charge in [0, 0.05) is 6.42 Å².